The molecular weight excluding hydrogens is 506 g/mol. The molecule has 2 aromatic carbocycles. The molecule has 3 rings (SSSR count). The fourth-order valence-electron chi connectivity index (χ4n) is 4.01. The fraction of sp³-hybridized carbons (Fsp3) is 0.391. The van der Waals surface area contributed by atoms with Crippen LogP contribution in [0.25, 0.3) is 0 Å². The number of hydrogen-bond acceptors (Lipinski definition) is 2. The van der Waals surface area contributed by atoms with Crippen LogP contribution in [0.15, 0.2) is 46.9 Å². The Morgan fingerprint density at radius 2 is 1.87 bits per heavy atom. The van der Waals surface area contributed by atoms with Crippen LogP contribution in [0.5, 0.6) is 0 Å². The zero-order chi connectivity index (χ0) is 22.5. The summed E-state index contributed by atoms with van der Waals surface area (Å²) in [5, 5.41) is 3.60. The van der Waals surface area contributed by atoms with Gasteiger partial charge in [-0.1, -0.05) is 59.4 Å². The zero-order valence-corrected chi connectivity index (χ0v) is 20.2. The van der Waals surface area contributed by atoms with Crippen LogP contribution >= 0.6 is 39.1 Å². The smallest absolute Gasteiger partial charge is 0.248 e. The standard InChI is InChI=1S/C23H24BrCl2FN2O2/c1-14-4-2-3-5-19(14)28-23(31)22(15-6-9-17(26)10-7-15)29(21(30)13-25)20-11-8-16(24)12-18(20)27/h6-12,14,19,22H,2-5,13H2,1H3,(H,28,31). The van der Waals surface area contributed by atoms with E-state index in [1.54, 1.807) is 30.3 Å². The Bertz CT molecular complexity index is 942. The van der Waals surface area contributed by atoms with E-state index in [0.29, 0.717) is 21.0 Å². The summed E-state index contributed by atoms with van der Waals surface area (Å²) in [6, 6.07) is 9.86. The van der Waals surface area contributed by atoms with Gasteiger partial charge in [0.05, 0.1) is 5.69 Å². The summed E-state index contributed by atoms with van der Waals surface area (Å²) in [6.45, 7) is 2.11. The van der Waals surface area contributed by atoms with Gasteiger partial charge in [-0.15, -0.1) is 11.6 Å². The largest absolute Gasteiger partial charge is 0.351 e. The first kappa shape index (κ1) is 24.0. The average Bonchev–Trinajstić information content (AvgIpc) is 2.74. The Morgan fingerprint density at radius 1 is 1.19 bits per heavy atom. The van der Waals surface area contributed by atoms with Crippen LogP contribution in [0, 0.1) is 11.7 Å². The fourth-order valence-corrected chi connectivity index (χ4v) is 4.60. The molecule has 3 atom stereocenters. The van der Waals surface area contributed by atoms with Gasteiger partial charge in [-0.05, 0) is 54.7 Å². The highest BCUT2D eigenvalue weighted by Crippen LogP contribution is 2.33. The number of anilines is 1. The van der Waals surface area contributed by atoms with Gasteiger partial charge < -0.3 is 5.32 Å². The zero-order valence-electron chi connectivity index (χ0n) is 17.1. The highest BCUT2D eigenvalue weighted by molar-refractivity contribution is 9.10. The highest BCUT2D eigenvalue weighted by atomic mass is 79.9. The van der Waals surface area contributed by atoms with E-state index in [-0.39, 0.29) is 17.6 Å². The molecule has 0 bridgehead atoms. The van der Waals surface area contributed by atoms with Gasteiger partial charge in [0, 0.05) is 15.5 Å². The Balaban J connectivity index is 2.06. The Morgan fingerprint density at radius 3 is 2.48 bits per heavy atom. The van der Waals surface area contributed by atoms with E-state index in [2.05, 4.69) is 28.2 Å². The molecule has 0 aliphatic heterocycles. The summed E-state index contributed by atoms with van der Waals surface area (Å²) in [5.74, 6) is -1.65. The van der Waals surface area contributed by atoms with Crippen LogP contribution in [-0.4, -0.2) is 23.7 Å². The Hall–Kier alpha value is -1.63. The quantitative estimate of drug-likeness (QED) is 0.449. The maximum atomic E-state index is 14.9. The minimum atomic E-state index is -1.09. The number of benzene rings is 2. The molecule has 1 aliphatic rings. The summed E-state index contributed by atoms with van der Waals surface area (Å²) in [7, 11) is 0. The second kappa shape index (κ2) is 10.8. The molecule has 31 heavy (non-hydrogen) atoms. The summed E-state index contributed by atoms with van der Waals surface area (Å²) in [4.78, 5) is 27.6. The molecule has 4 nitrogen and oxygen atoms in total. The lowest BCUT2D eigenvalue weighted by atomic mass is 9.85. The van der Waals surface area contributed by atoms with Crippen molar-refractivity contribution in [2.75, 3.05) is 10.8 Å². The summed E-state index contributed by atoms with van der Waals surface area (Å²) in [6.07, 6.45) is 4.07. The molecule has 1 saturated carbocycles. The van der Waals surface area contributed by atoms with Gasteiger partial charge in [-0.2, -0.15) is 0 Å². The van der Waals surface area contributed by atoms with Crippen molar-refractivity contribution in [3.8, 4) is 0 Å². The first-order chi connectivity index (χ1) is 14.8. The van der Waals surface area contributed by atoms with Gasteiger partial charge in [0.15, 0.2) is 0 Å². The number of amides is 2. The first-order valence-electron chi connectivity index (χ1n) is 10.2. The van der Waals surface area contributed by atoms with Crippen LogP contribution in [0.4, 0.5) is 10.1 Å². The number of carbonyl (C=O) groups is 2. The van der Waals surface area contributed by atoms with Crippen LogP contribution in [0.3, 0.4) is 0 Å². The van der Waals surface area contributed by atoms with Crippen molar-refractivity contribution in [2.45, 2.75) is 44.7 Å². The van der Waals surface area contributed by atoms with Crippen molar-refractivity contribution < 1.29 is 14.0 Å². The number of hydrogen-bond donors (Lipinski definition) is 1. The van der Waals surface area contributed by atoms with Gasteiger partial charge in [0.25, 0.3) is 0 Å². The predicted molar refractivity (Wildman–Crippen MR) is 126 cm³/mol. The third-order valence-electron chi connectivity index (χ3n) is 5.68. The van der Waals surface area contributed by atoms with Crippen molar-refractivity contribution in [3.05, 3.63) is 63.3 Å². The first-order valence-corrected chi connectivity index (χ1v) is 11.9. The molecule has 0 radical (unpaired) electrons. The Kier molecular flexibility index (Phi) is 8.36. The van der Waals surface area contributed by atoms with Crippen molar-refractivity contribution in [1.82, 2.24) is 5.32 Å². The van der Waals surface area contributed by atoms with Gasteiger partial charge >= 0.3 is 0 Å². The van der Waals surface area contributed by atoms with E-state index in [9.17, 15) is 14.0 Å². The number of alkyl halides is 1. The van der Waals surface area contributed by atoms with E-state index in [0.717, 1.165) is 30.6 Å². The second-order valence-electron chi connectivity index (χ2n) is 7.82. The molecule has 8 heteroatoms. The molecule has 1 aliphatic carbocycles. The Labute approximate surface area is 200 Å². The molecule has 2 aromatic rings. The van der Waals surface area contributed by atoms with E-state index in [1.165, 1.54) is 12.1 Å². The lowest BCUT2D eigenvalue weighted by molar-refractivity contribution is -0.126. The molecule has 0 saturated heterocycles. The third-order valence-corrected chi connectivity index (χ3v) is 6.66. The summed E-state index contributed by atoms with van der Waals surface area (Å²) in [5.41, 5.74) is 0.506. The molecule has 2 amide bonds. The van der Waals surface area contributed by atoms with Gasteiger partial charge in [0.2, 0.25) is 11.8 Å². The predicted octanol–water partition coefficient (Wildman–Crippen LogP) is 6.25. The highest BCUT2D eigenvalue weighted by Gasteiger charge is 2.36. The van der Waals surface area contributed by atoms with Crippen molar-refractivity contribution in [3.63, 3.8) is 0 Å². The average molecular weight is 530 g/mol. The van der Waals surface area contributed by atoms with Crippen molar-refractivity contribution in [1.29, 1.82) is 0 Å². The third kappa shape index (κ3) is 5.79. The number of halogens is 4. The van der Waals surface area contributed by atoms with Gasteiger partial charge in [-0.3, -0.25) is 14.5 Å². The molecular formula is C23H24BrCl2FN2O2. The number of carbonyl (C=O) groups excluding carboxylic acids is 2. The van der Waals surface area contributed by atoms with Gasteiger partial charge in [0.1, 0.15) is 17.7 Å². The molecule has 0 heterocycles. The molecule has 3 unspecified atom stereocenters. The van der Waals surface area contributed by atoms with Crippen molar-refractivity contribution >= 4 is 56.6 Å². The minimum absolute atomic E-state index is 0.00114. The maximum absolute atomic E-state index is 14.9. The monoisotopic (exact) mass is 528 g/mol. The molecule has 1 N–H and O–H groups in total. The number of nitrogens with zero attached hydrogens (tertiary/aromatic N) is 1. The lowest BCUT2D eigenvalue weighted by Crippen LogP contribution is -2.49. The summed E-state index contributed by atoms with van der Waals surface area (Å²) >= 11 is 15.1. The van der Waals surface area contributed by atoms with E-state index in [1.807, 2.05) is 0 Å². The summed E-state index contributed by atoms with van der Waals surface area (Å²) < 4.78 is 15.4. The molecule has 166 valence electrons. The van der Waals surface area contributed by atoms with Crippen LogP contribution in [0.2, 0.25) is 5.02 Å². The maximum Gasteiger partial charge on any atom is 0.248 e. The second-order valence-corrected chi connectivity index (χ2v) is 9.44. The van der Waals surface area contributed by atoms with Gasteiger partial charge in [-0.25, -0.2) is 4.39 Å². The topological polar surface area (TPSA) is 49.4 Å². The molecule has 1 fully saturated rings. The van der Waals surface area contributed by atoms with Crippen LogP contribution in [0.1, 0.15) is 44.2 Å². The van der Waals surface area contributed by atoms with E-state index < -0.39 is 23.6 Å². The van der Waals surface area contributed by atoms with Crippen molar-refractivity contribution in [2.24, 2.45) is 5.92 Å². The van der Waals surface area contributed by atoms with E-state index in [4.69, 9.17) is 23.2 Å². The van der Waals surface area contributed by atoms with E-state index >= 15 is 0 Å². The number of nitrogens with one attached hydrogen (secondary N) is 1. The minimum Gasteiger partial charge on any atom is -0.351 e. The van der Waals surface area contributed by atoms with Crippen LogP contribution in [-0.2, 0) is 9.59 Å². The SMILES string of the molecule is CC1CCCCC1NC(=O)C(c1ccc(Cl)cc1)N(C(=O)CCl)c1ccc(Br)cc1F. The normalized spacial score (nSPS) is 19.5. The number of rotatable bonds is 6. The molecule has 0 aromatic heterocycles. The van der Waals surface area contributed by atoms with Crippen LogP contribution < -0.4 is 10.2 Å². The lowest BCUT2D eigenvalue weighted by Gasteiger charge is -2.35. The molecule has 0 spiro atoms.